The van der Waals surface area contributed by atoms with Crippen LogP contribution < -0.4 is 16.0 Å². The van der Waals surface area contributed by atoms with E-state index in [1.807, 2.05) is 146 Å². The molecule has 1 saturated heterocycles. The average molecular weight is 1450 g/mol. The molecule has 6 amide bonds. The van der Waals surface area contributed by atoms with Crippen LogP contribution in [0.1, 0.15) is 83.6 Å². The lowest BCUT2D eigenvalue weighted by Gasteiger charge is -2.33. The number of fused-ring (bicyclic) bond motifs is 26. The van der Waals surface area contributed by atoms with Crippen molar-refractivity contribution in [3.05, 3.63) is 246 Å². The summed E-state index contributed by atoms with van der Waals surface area (Å²) in [5.74, 6) is -1.43. The zero-order chi connectivity index (χ0) is 74.7. The Kier molecular flexibility index (Phi) is 18.9. The summed E-state index contributed by atoms with van der Waals surface area (Å²) >= 11 is 0. The maximum absolute atomic E-state index is 13.3. The van der Waals surface area contributed by atoms with Gasteiger partial charge in [0.05, 0.1) is 51.8 Å². The first-order valence-electron chi connectivity index (χ1n) is 37.9. The molecule has 20 nitrogen and oxygen atoms in total. The molecule has 6 aromatic carbocycles. The van der Waals surface area contributed by atoms with Crippen LogP contribution in [0.4, 0.5) is 0 Å². The quantitative estimate of drug-likeness (QED) is 0.116. The molecule has 6 aliphatic heterocycles. The van der Waals surface area contributed by atoms with Gasteiger partial charge in [-0.15, -0.1) is 0 Å². The standard InChI is InChI=1S/C32H29N5O2.C29H30N4O2.C28H28N4O3/c1-35-19-25(23-9-2-4-11-27(23)35)29-30(32(39)34-31(29)38)26-20-37(28-12-5-3-10-24(26)28)22-13-16-36(17-14-22)18-21-8-6-7-15-33-21;1-31(2)16-19-8-7-14-32-17-22(20-9-3-5-11-24(20)32)26-27(29(35)30-28(26)34)23-18-33(15-13-19)25-12-6-4-10-21(23)25;1-30(2)15-18-11-12-31-16-21(19-7-3-5-9-23(19)31)25-26(28(34)29-27(25)33)22-17-32(13-14-35-18)24-10-6-4-8-20(22)24/h2-12,15,19-20,22H,13-14,16-18H2,1H3,(H,34,38,39);3-6,9-12,17-19H,7-8,13-16H2,1-2H3,(H,30,34,35);3-10,16-18H,11-15H2,1-2H3,(H,29,33,34). The number of carbonyl (C=O) groups is 6. The summed E-state index contributed by atoms with van der Waals surface area (Å²) in [6.45, 7) is 8.43. The van der Waals surface area contributed by atoms with Crippen LogP contribution in [0.3, 0.4) is 0 Å². The van der Waals surface area contributed by atoms with E-state index in [1.54, 1.807) is 0 Å². The van der Waals surface area contributed by atoms with Crippen LogP contribution in [0, 0.1) is 5.92 Å². The molecule has 2 atom stereocenters. The van der Waals surface area contributed by atoms with Gasteiger partial charge in [-0.25, -0.2) is 0 Å². The van der Waals surface area contributed by atoms with E-state index in [2.05, 4.69) is 160 Å². The van der Waals surface area contributed by atoms with Crippen molar-refractivity contribution >= 4 is 134 Å². The topological polar surface area (TPSA) is 200 Å². The monoisotopic (exact) mass is 1450 g/mol. The fourth-order valence-electron chi connectivity index (χ4n) is 17.7. The van der Waals surface area contributed by atoms with Crippen molar-refractivity contribution in [1.29, 1.82) is 0 Å². The SMILES string of the molecule is CN(C)CC1CCCn2cc(c3ccccc32)C2=C(C(=O)NC2=O)c2cn(c3ccccc23)CC1.CN(C)CC1CCn2cc(c3ccccc32)C2=C(C(=O)NC2=O)c2cn(c3ccccc23)CCO1.Cn1cc(C2=C(c3cn(C4CCN(Cc5ccccn5)CC4)c4ccccc34)C(=O)NC2=O)c2ccccc21. The Morgan fingerprint density at radius 1 is 0.385 bits per heavy atom. The normalized spacial score (nSPS) is 18.2. The summed E-state index contributed by atoms with van der Waals surface area (Å²) in [5.41, 5.74) is 15.0. The molecule has 13 heterocycles. The Morgan fingerprint density at radius 2 is 0.761 bits per heavy atom. The van der Waals surface area contributed by atoms with Gasteiger partial charge in [0.25, 0.3) is 35.4 Å². The Labute approximate surface area is 631 Å². The number of carbonyl (C=O) groups excluding carboxylic acids is 6. The lowest BCUT2D eigenvalue weighted by molar-refractivity contribution is -0.124. The van der Waals surface area contributed by atoms with Crippen LogP contribution in [0.2, 0.25) is 0 Å². The van der Waals surface area contributed by atoms with Crippen molar-refractivity contribution in [2.45, 2.75) is 83.4 Å². The fraction of sp³-hybridized carbons (Fsp3) is 0.270. The van der Waals surface area contributed by atoms with Gasteiger partial charge in [0.2, 0.25) is 0 Å². The number of aromatic nitrogens is 7. The maximum atomic E-state index is 13.3. The number of para-hydroxylation sites is 6. The first-order chi connectivity index (χ1) is 53.1. The lowest BCUT2D eigenvalue weighted by atomic mass is 9.95. The molecule has 8 bridgehead atoms. The number of aryl methyl sites for hydroxylation is 4. The molecule has 6 aliphatic rings. The van der Waals surface area contributed by atoms with E-state index in [1.165, 1.54) is 0 Å². The third-order valence-electron chi connectivity index (χ3n) is 22.6. The molecule has 0 saturated carbocycles. The highest BCUT2D eigenvalue weighted by Gasteiger charge is 2.40. The van der Waals surface area contributed by atoms with E-state index in [4.69, 9.17) is 4.74 Å². The molecule has 2 unspecified atom stereocenters. The largest absolute Gasteiger partial charge is 0.375 e. The van der Waals surface area contributed by atoms with E-state index >= 15 is 0 Å². The molecule has 109 heavy (non-hydrogen) atoms. The molecule has 20 heteroatoms. The van der Waals surface area contributed by atoms with Gasteiger partial charge in [-0.1, -0.05) is 115 Å². The third-order valence-corrected chi connectivity index (χ3v) is 22.6. The summed E-state index contributed by atoms with van der Waals surface area (Å²) in [6.07, 6.45) is 20.3. The second-order valence-electron chi connectivity index (χ2n) is 30.2. The molecular weight excluding hydrogens is 1360 g/mol. The smallest absolute Gasteiger partial charge is 0.259 e. The molecule has 550 valence electrons. The van der Waals surface area contributed by atoms with Crippen LogP contribution in [0.5, 0.6) is 0 Å². The van der Waals surface area contributed by atoms with Gasteiger partial charge in [0.15, 0.2) is 0 Å². The number of likely N-dealkylation sites (N-methyl/N-ethyl adjacent to an activating group) is 1. The van der Waals surface area contributed by atoms with Gasteiger partial charge in [0.1, 0.15) is 0 Å². The van der Waals surface area contributed by atoms with Gasteiger partial charge < -0.3 is 41.9 Å². The van der Waals surface area contributed by atoms with Crippen molar-refractivity contribution in [3.63, 3.8) is 0 Å². The third kappa shape index (κ3) is 13.2. The number of pyridine rings is 1. The number of hydrogen-bond acceptors (Lipinski definition) is 11. The number of piperidine rings is 1. The highest BCUT2D eigenvalue weighted by atomic mass is 16.5. The molecule has 0 aliphatic carbocycles. The van der Waals surface area contributed by atoms with E-state index in [9.17, 15) is 28.8 Å². The van der Waals surface area contributed by atoms with Crippen molar-refractivity contribution in [1.82, 2.24) is 63.0 Å². The first-order valence-corrected chi connectivity index (χ1v) is 37.9. The highest BCUT2D eigenvalue weighted by Crippen LogP contribution is 2.44. The Balaban J connectivity index is 0.000000120. The minimum Gasteiger partial charge on any atom is -0.375 e. The number of hydrogen-bond donors (Lipinski definition) is 3. The number of nitrogens with one attached hydrogen (secondary N) is 3. The van der Waals surface area contributed by atoms with Crippen LogP contribution in [-0.2, 0) is 73.3 Å². The Morgan fingerprint density at radius 3 is 1.21 bits per heavy atom. The van der Waals surface area contributed by atoms with E-state index in [0.29, 0.717) is 58.6 Å². The molecule has 0 spiro atoms. The second-order valence-corrected chi connectivity index (χ2v) is 30.2. The van der Waals surface area contributed by atoms with Gasteiger partial charge in [-0.3, -0.25) is 54.6 Å². The number of ether oxygens (including phenoxy) is 1. The van der Waals surface area contributed by atoms with E-state index < -0.39 is 0 Å². The summed E-state index contributed by atoms with van der Waals surface area (Å²) in [6, 6.07) is 55.1. The van der Waals surface area contributed by atoms with Gasteiger partial charge >= 0.3 is 0 Å². The molecule has 7 aromatic heterocycles. The zero-order valence-electron chi connectivity index (χ0n) is 62.0. The Bertz CT molecular complexity index is 5690. The molecule has 1 fully saturated rings. The number of benzene rings is 6. The molecular formula is C89H87N13O7. The number of imide groups is 3. The predicted molar refractivity (Wildman–Crippen MR) is 429 cm³/mol. The highest BCUT2D eigenvalue weighted by molar-refractivity contribution is 6.53. The van der Waals surface area contributed by atoms with Crippen LogP contribution in [0.15, 0.2) is 207 Å². The Hall–Kier alpha value is -11.8. The minimum atomic E-state index is -0.348. The summed E-state index contributed by atoms with van der Waals surface area (Å²) in [7, 11) is 10.4. The average Bonchev–Trinajstić information content (AvgIpc) is 1.59. The predicted octanol–water partition coefficient (Wildman–Crippen LogP) is 13.0. The van der Waals surface area contributed by atoms with Crippen molar-refractivity contribution in [3.8, 4) is 0 Å². The van der Waals surface area contributed by atoms with Crippen molar-refractivity contribution in [2.24, 2.45) is 13.0 Å². The zero-order valence-corrected chi connectivity index (χ0v) is 62.0. The number of amides is 6. The summed E-state index contributed by atoms with van der Waals surface area (Å²) in [4.78, 5) is 90.7. The second kappa shape index (κ2) is 29.4. The summed E-state index contributed by atoms with van der Waals surface area (Å²) in [5, 5.41) is 13.6. The van der Waals surface area contributed by atoms with Crippen molar-refractivity contribution in [2.75, 3.05) is 61.0 Å². The molecule has 3 N–H and O–H groups in total. The van der Waals surface area contributed by atoms with Crippen molar-refractivity contribution < 1.29 is 33.5 Å². The number of rotatable bonds is 9. The molecule has 13 aromatic rings. The maximum Gasteiger partial charge on any atom is 0.259 e. The lowest BCUT2D eigenvalue weighted by Crippen LogP contribution is -2.34. The van der Waals surface area contributed by atoms with Crippen LogP contribution in [-0.4, -0.2) is 150 Å². The first kappa shape index (κ1) is 70.2. The van der Waals surface area contributed by atoms with Gasteiger partial charge in [0, 0.05) is 214 Å². The van der Waals surface area contributed by atoms with E-state index in [0.717, 1.165) is 195 Å². The molecule has 0 radical (unpaired) electrons. The van der Waals surface area contributed by atoms with Crippen LogP contribution in [0.25, 0.3) is 98.9 Å². The fourth-order valence-corrected chi connectivity index (χ4v) is 17.7. The number of likely N-dealkylation sites (tertiary alicyclic amines) is 1. The summed E-state index contributed by atoms with van der Waals surface area (Å²) < 4.78 is 19.6. The number of nitrogens with zero attached hydrogens (tertiary/aromatic N) is 10. The van der Waals surface area contributed by atoms with Gasteiger partial charge in [-0.05, 0) is 121 Å². The van der Waals surface area contributed by atoms with Gasteiger partial charge in [-0.2, -0.15) is 0 Å². The molecule has 19 rings (SSSR count). The van der Waals surface area contributed by atoms with Crippen LogP contribution >= 0.6 is 0 Å². The van der Waals surface area contributed by atoms with E-state index in [-0.39, 0.29) is 41.5 Å². The minimum absolute atomic E-state index is 0.0741.